The topological polar surface area (TPSA) is 37.3 Å². The Hall–Kier alpha value is -0.580. The van der Waals surface area contributed by atoms with Crippen molar-refractivity contribution in [2.75, 3.05) is 0 Å². The van der Waals surface area contributed by atoms with Gasteiger partial charge in [0.15, 0.2) is 10.5 Å². The normalized spacial score (nSPS) is 10.7. The summed E-state index contributed by atoms with van der Waals surface area (Å²) in [5, 5.41) is 10.3. The Morgan fingerprint density at radius 2 is 2.07 bits per heavy atom. The number of fused-ring (bicyclic) bond motifs is 1. The highest BCUT2D eigenvalue weighted by atomic mass is 79.9. The molecule has 2 nitrogen and oxygen atoms in total. The van der Waals surface area contributed by atoms with E-state index in [-0.39, 0.29) is 10.5 Å². The number of hydrogen-bond donors (Lipinski definition) is 1. The van der Waals surface area contributed by atoms with E-state index in [1.807, 2.05) is 0 Å². The van der Waals surface area contributed by atoms with Gasteiger partial charge in [-0.2, -0.15) is 0 Å². The van der Waals surface area contributed by atoms with Crippen LogP contribution < -0.4 is 5.43 Å². The number of hydrogen-bond acceptors (Lipinski definition) is 3. The van der Waals surface area contributed by atoms with Gasteiger partial charge < -0.3 is 5.11 Å². The number of aromatic hydroxyl groups is 1. The molecule has 0 amide bonds. The van der Waals surface area contributed by atoms with Gasteiger partial charge in [0.05, 0.1) is 4.70 Å². The second kappa shape index (κ2) is 3.53. The molecule has 2 rings (SSSR count). The second-order valence-electron chi connectivity index (χ2n) is 2.71. The molecule has 0 fully saturated rings. The lowest BCUT2D eigenvalue weighted by Crippen LogP contribution is -1.97. The third-order valence-corrected chi connectivity index (χ3v) is 3.81. The van der Waals surface area contributed by atoms with Crippen LogP contribution >= 0.6 is 38.9 Å². The summed E-state index contributed by atoms with van der Waals surface area (Å²) in [5.74, 6) is 0. The highest BCUT2D eigenvalue weighted by Gasteiger charge is 2.06. The Morgan fingerprint density at radius 3 is 2.79 bits per heavy atom. The molecule has 1 N–H and O–H groups in total. The monoisotopic (exact) mass is 290 g/mol. The van der Waals surface area contributed by atoms with Crippen molar-refractivity contribution in [3.8, 4) is 5.06 Å². The average molecular weight is 292 g/mol. The number of rotatable bonds is 0. The summed E-state index contributed by atoms with van der Waals surface area (Å²) in [6, 6.07) is 4.48. The fourth-order valence-corrected chi connectivity index (χ4v) is 3.03. The predicted molar refractivity (Wildman–Crippen MR) is 62.5 cm³/mol. The van der Waals surface area contributed by atoms with E-state index in [0.717, 1.165) is 15.8 Å². The van der Waals surface area contributed by atoms with Crippen molar-refractivity contribution in [2.45, 2.75) is 0 Å². The van der Waals surface area contributed by atoms with Gasteiger partial charge in [-0.1, -0.05) is 22.9 Å². The minimum Gasteiger partial charge on any atom is -0.499 e. The highest BCUT2D eigenvalue weighted by Crippen LogP contribution is 2.32. The van der Waals surface area contributed by atoms with Gasteiger partial charge in [-0.15, -0.1) is 0 Å². The first kappa shape index (κ1) is 9.96. The highest BCUT2D eigenvalue weighted by molar-refractivity contribution is 9.10. The summed E-state index contributed by atoms with van der Waals surface area (Å²) in [5.41, 5.74) is -0.223. The maximum Gasteiger partial charge on any atom is 0.191 e. The van der Waals surface area contributed by atoms with Gasteiger partial charge in [-0.05, 0) is 28.1 Å². The molecule has 0 spiro atoms. The zero-order chi connectivity index (χ0) is 10.3. The molecule has 1 aromatic carbocycles. The number of benzene rings is 1. The minimum atomic E-state index is -0.223. The maximum atomic E-state index is 11.5. The Labute approximate surface area is 96.9 Å². The first-order valence-electron chi connectivity index (χ1n) is 3.70. The van der Waals surface area contributed by atoms with Gasteiger partial charge in [0.1, 0.15) is 0 Å². The molecule has 14 heavy (non-hydrogen) atoms. The van der Waals surface area contributed by atoms with E-state index >= 15 is 0 Å². The molecule has 0 aliphatic rings. The van der Waals surface area contributed by atoms with Crippen molar-refractivity contribution in [3.05, 3.63) is 37.9 Å². The van der Waals surface area contributed by atoms with Crippen molar-refractivity contribution in [2.24, 2.45) is 0 Å². The standard InChI is InChI=1S/C9H4BrClO2S/c10-6-2-4(11)1-5-7(12)3-8(13)14-9(5)6/h1-3,13H. The van der Waals surface area contributed by atoms with E-state index in [9.17, 15) is 9.90 Å². The first-order chi connectivity index (χ1) is 6.58. The quantitative estimate of drug-likeness (QED) is 0.808. The molecule has 0 saturated carbocycles. The van der Waals surface area contributed by atoms with Crippen LogP contribution in [0.3, 0.4) is 0 Å². The third-order valence-electron chi connectivity index (χ3n) is 1.74. The molecule has 5 heteroatoms. The molecule has 0 atom stereocenters. The van der Waals surface area contributed by atoms with Gasteiger partial charge in [-0.25, -0.2) is 0 Å². The van der Waals surface area contributed by atoms with Crippen molar-refractivity contribution in [1.82, 2.24) is 0 Å². The second-order valence-corrected chi connectivity index (χ2v) is 5.03. The molecule has 72 valence electrons. The molecule has 0 saturated heterocycles. The van der Waals surface area contributed by atoms with E-state index in [0.29, 0.717) is 15.1 Å². The smallest absolute Gasteiger partial charge is 0.191 e. The minimum absolute atomic E-state index is 0.00511. The SMILES string of the molecule is O=c1cc(O)sc2c(Br)cc(Cl)cc12. The van der Waals surface area contributed by atoms with Crippen molar-refractivity contribution in [1.29, 1.82) is 0 Å². The molecule has 2 aromatic rings. The van der Waals surface area contributed by atoms with Crippen LogP contribution in [0.2, 0.25) is 5.02 Å². The molecule has 0 aliphatic carbocycles. The third kappa shape index (κ3) is 1.65. The summed E-state index contributed by atoms with van der Waals surface area (Å²) >= 11 is 10.2. The Kier molecular flexibility index (Phi) is 2.51. The van der Waals surface area contributed by atoms with Crippen LogP contribution in [0.4, 0.5) is 0 Å². The summed E-state index contributed by atoms with van der Waals surface area (Å²) in [4.78, 5) is 11.5. The summed E-state index contributed by atoms with van der Waals surface area (Å²) in [6.07, 6.45) is 0. The summed E-state index contributed by atoms with van der Waals surface area (Å²) in [6.45, 7) is 0. The average Bonchev–Trinajstić information content (AvgIpc) is 2.07. The lowest BCUT2D eigenvalue weighted by atomic mass is 10.2. The summed E-state index contributed by atoms with van der Waals surface area (Å²) < 4.78 is 1.43. The van der Waals surface area contributed by atoms with Gasteiger partial charge in [0.25, 0.3) is 0 Å². The van der Waals surface area contributed by atoms with E-state index in [1.54, 1.807) is 12.1 Å². The lowest BCUT2D eigenvalue weighted by Gasteiger charge is -2.00. The van der Waals surface area contributed by atoms with E-state index < -0.39 is 0 Å². The van der Waals surface area contributed by atoms with Crippen LogP contribution in [-0.4, -0.2) is 5.11 Å². The predicted octanol–water partition coefficient (Wildman–Crippen LogP) is 3.38. The van der Waals surface area contributed by atoms with Gasteiger partial charge in [0, 0.05) is 20.9 Å². The number of halogens is 2. The molecular weight excluding hydrogens is 288 g/mol. The molecule has 0 aliphatic heterocycles. The van der Waals surface area contributed by atoms with Crippen LogP contribution in [0.5, 0.6) is 5.06 Å². The molecule has 1 heterocycles. The van der Waals surface area contributed by atoms with E-state index in [1.165, 1.54) is 6.07 Å². The Morgan fingerprint density at radius 1 is 1.36 bits per heavy atom. The van der Waals surface area contributed by atoms with Gasteiger partial charge >= 0.3 is 0 Å². The van der Waals surface area contributed by atoms with Crippen LogP contribution in [0.15, 0.2) is 27.5 Å². The zero-order valence-electron chi connectivity index (χ0n) is 6.75. The van der Waals surface area contributed by atoms with Crippen LogP contribution in [0.25, 0.3) is 10.1 Å². The van der Waals surface area contributed by atoms with Crippen molar-refractivity contribution >= 4 is 49.0 Å². The maximum absolute atomic E-state index is 11.5. The molecular formula is C9H4BrClO2S. The zero-order valence-corrected chi connectivity index (χ0v) is 9.91. The Bertz CT molecular complexity index is 564. The molecule has 0 unspecified atom stereocenters. The van der Waals surface area contributed by atoms with Crippen LogP contribution in [-0.2, 0) is 0 Å². The lowest BCUT2D eigenvalue weighted by molar-refractivity contribution is 0.490. The van der Waals surface area contributed by atoms with Crippen LogP contribution in [0, 0.1) is 0 Å². The van der Waals surface area contributed by atoms with Crippen LogP contribution in [0.1, 0.15) is 0 Å². The fraction of sp³-hybridized carbons (Fsp3) is 0. The fourth-order valence-electron chi connectivity index (χ4n) is 1.17. The first-order valence-corrected chi connectivity index (χ1v) is 5.68. The molecule has 0 radical (unpaired) electrons. The Balaban J connectivity index is 3.02. The van der Waals surface area contributed by atoms with E-state index in [4.69, 9.17) is 11.6 Å². The molecule has 0 bridgehead atoms. The molecule has 1 aromatic heterocycles. The van der Waals surface area contributed by atoms with Crippen molar-refractivity contribution in [3.63, 3.8) is 0 Å². The van der Waals surface area contributed by atoms with E-state index in [2.05, 4.69) is 15.9 Å². The largest absolute Gasteiger partial charge is 0.499 e. The summed E-state index contributed by atoms with van der Waals surface area (Å²) in [7, 11) is 0. The van der Waals surface area contributed by atoms with Gasteiger partial charge in [0.2, 0.25) is 0 Å². The van der Waals surface area contributed by atoms with Crippen molar-refractivity contribution < 1.29 is 5.11 Å². The van der Waals surface area contributed by atoms with Gasteiger partial charge in [-0.3, -0.25) is 4.79 Å².